The molecule has 0 bridgehead atoms. The van der Waals surface area contributed by atoms with Crippen LogP contribution >= 0.6 is 0 Å². The molecule has 1 unspecified atom stereocenters. The van der Waals surface area contributed by atoms with Crippen LogP contribution in [0.4, 0.5) is 5.82 Å². The predicted octanol–water partition coefficient (Wildman–Crippen LogP) is 5.73. The van der Waals surface area contributed by atoms with Crippen molar-refractivity contribution >= 4 is 23.2 Å². The zero-order valence-corrected chi connectivity index (χ0v) is 22.5. The first kappa shape index (κ1) is 28.0. The molecule has 0 saturated heterocycles. The van der Waals surface area contributed by atoms with E-state index in [0.29, 0.717) is 11.7 Å². The first-order valence-corrected chi connectivity index (χ1v) is 12.3. The van der Waals surface area contributed by atoms with E-state index in [4.69, 9.17) is 9.97 Å². The largest absolute Gasteiger partial charge is 0.383 e. The molecule has 1 heterocycles. The van der Waals surface area contributed by atoms with Crippen molar-refractivity contribution in [3.63, 3.8) is 0 Å². The molecule has 0 amide bonds. The van der Waals surface area contributed by atoms with Crippen molar-refractivity contribution in [2.75, 3.05) is 53.1 Å². The molecule has 6 nitrogen and oxygen atoms in total. The number of anilines is 1. The van der Waals surface area contributed by atoms with E-state index in [-0.39, 0.29) is 0 Å². The average molecular weight is 475 g/mol. The van der Waals surface area contributed by atoms with Gasteiger partial charge in [-0.2, -0.15) is 0 Å². The van der Waals surface area contributed by atoms with Crippen molar-refractivity contribution in [1.82, 2.24) is 19.8 Å². The highest BCUT2D eigenvalue weighted by molar-refractivity contribution is 6.11. The molecule has 1 N–H and O–H groups in total. The van der Waals surface area contributed by atoms with Gasteiger partial charge in [-0.05, 0) is 50.1 Å². The quantitative estimate of drug-likeness (QED) is 0.297. The molecule has 2 rings (SSSR count). The van der Waals surface area contributed by atoms with E-state index >= 15 is 0 Å². The Labute approximate surface area is 212 Å². The maximum atomic E-state index is 4.97. The second-order valence-electron chi connectivity index (χ2n) is 9.17. The minimum absolute atomic E-state index is 0.473. The summed E-state index contributed by atoms with van der Waals surface area (Å²) in [5.74, 6) is 1.98. The number of aromatic nitrogens is 2. The molecule has 0 saturated carbocycles. The number of nitrogens with zero attached hydrogens (tertiary/aromatic N) is 5. The van der Waals surface area contributed by atoms with E-state index in [1.807, 2.05) is 62.6 Å². The molecule has 1 aromatic heterocycles. The lowest BCUT2D eigenvalue weighted by atomic mass is 10.0. The third-order valence-electron chi connectivity index (χ3n) is 5.60. The SMILES string of the molecule is C=C/C(=C\N(C)C)c1cccc(-c2ncc(C(/C=N\C)=C/C)c(NCC(C)CN(C)CCC)n2)c1. The number of rotatable bonds is 13. The Morgan fingerprint density at radius 1 is 1.23 bits per heavy atom. The Balaban J connectivity index is 2.43. The van der Waals surface area contributed by atoms with Crippen LogP contribution in [-0.4, -0.2) is 73.8 Å². The highest BCUT2D eigenvalue weighted by Crippen LogP contribution is 2.27. The molecular weight excluding hydrogens is 432 g/mol. The fourth-order valence-electron chi connectivity index (χ4n) is 4.01. The van der Waals surface area contributed by atoms with Gasteiger partial charge in [-0.1, -0.05) is 50.8 Å². The summed E-state index contributed by atoms with van der Waals surface area (Å²) in [5, 5.41) is 3.60. The molecule has 35 heavy (non-hydrogen) atoms. The van der Waals surface area contributed by atoms with Crippen molar-refractivity contribution < 1.29 is 0 Å². The molecule has 0 fully saturated rings. The fraction of sp³-hybridized carbons (Fsp3) is 0.414. The molecule has 0 spiro atoms. The van der Waals surface area contributed by atoms with Crippen LogP contribution in [0.2, 0.25) is 0 Å². The second-order valence-corrected chi connectivity index (χ2v) is 9.17. The highest BCUT2D eigenvalue weighted by Gasteiger charge is 2.14. The Kier molecular flexibility index (Phi) is 11.4. The van der Waals surface area contributed by atoms with Gasteiger partial charge >= 0.3 is 0 Å². The van der Waals surface area contributed by atoms with Crippen LogP contribution < -0.4 is 5.32 Å². The Morgan fingerprint density at radius 3 is 2.63 bits per heavy atom. The van der Waals surface area contributed by atoms with Crippen LogP contribution in [0.3, 0.4) is 0 Å². The highest BCUT2D eigenvalue weighted by atomic mass is 15.1. The minimum atomic E-state index is 0.473. The van der Waals surface area contributed by atoms with Crippen LogP contribution in [0.25, 0.3) is 22.5 Å². The average Bonchev–Trinajstić information content (AvgIpc) is 2.84. The maximum absolute atomic E-state index is 4.97. The van der Waals surface area contributed by atoms with Gasteiger partial charge in [0.2, 0.25) is 0 Å². The van der Waals surface area contributed by atoms with Gasteiger partial charge in [-0.3, -0.25) is 4.99 Å². The monoisotopic (exact) mass is 474 g/mol. The molecule has 1 aromatic carbocycles. The zero-order chi connectivity index (χ0) is 25.8. The summed E-state index contributed by atoms with van der Waals surface area (Å²) < 4.78 is 0. The molecule has 6 heteroatoms. The van der Waals surface area contributed by atoms with Gasteiger partial charge in [0.25, 0.3) is 0 Å². The first-order chi connectivity index (χ1) is 16.8. The topological polar surface area (TPSA) is 56.7 Å². The van der Waals surface area contributed by atoms with E-state index in [9.17, 15) is 0 Å². The Hall–Kier alpha value is -3.25. The lowest BCUT2D eigenvalue weighted by Crippen LogP contribution is -2.29. The molecule has 0 aliphatic rings. The number of allylic oxidation sites excluding steroid dienone is 4. The van der Waals surface area contributed by atoms with Gasteiger partial charge < -0.3 is 15.1 Å². The standard InChI is InChI=1S/C29H42N6/c1-9-15-35(8)20-22(4)17-31-29-27(23(10-2)18-30-5)19-32-28(33-29)26-14-12-13-25(16-26)24(11-3)21-34(6)7/h10-14,16,18-19,21-22H,3,9,15,17,20H2,1-2,4-8H3,(H,31,32,33)/b23-10+,24-21+,30-18-. The van der Waals surface area contributed by atoms with E-state index in [0.717, 1.165) is 59.7 Å². The van der Waals surface area contributed by atoms with Gasteiger partial charge in [0, 0.05) is 69.5 Å². The van der Waals surface area contributed by atoms with Crippen LogP contribution in [0, 0.1) is 5.92 Å². The summed E-state index contributed by atoms with van der Waals surface area (Å²) in [6.45, 7) is 13.4. The summed E-state index contributed by atoms with van der Waals surface area (Å²) >= 11 is 0. The lowest BCUT2D eigenvalue weighted by molar-refractivity contribution is 0.292. The predicted molar refractivity (Wildman–Crippen MR) is 153 cm³/mol. The van der Waals surface area contributed by atoms with Crippen molar-refractivity contribution in [2.45, 2.75) is 27.2 Å². The molecule has 2 aromatic rings. The summed E-state index contributed by atoms with van der Waals surface area (Å²) in [6.07, 6.45) is 10.9. The summed E-state index contributed by atoms with van der Waals surface area (Å²) in [6, 6.07) is 8.28. The molecule has 0 aliphatic heterocycles. The third-order valence-corrected chi connectivity index (χ3v) is 5.60. The fourth-order valence-corrected chi connectivity index (χ4v) is 4.01. The summed E-state index contributed by atoms with van der Waals surface area (Å²) in [7, 11) is 7.97. The summed E-state index contributed by atoms with van der Waals surface area (Å²) in [5.41, 5.74) is 5.03. The molecule has 1 atom stereocenters. The van der Waals surface area contributed by atoms with Crippen molar-refractivity contribution in [3.05, 3.63) is 66.5 Å². The molecular formula is C29H42N6. The van der Waals surface area contributed by atoms with Crippen LogP contribution in [0.1, 0.15) is 38.3 Å². The number of nitrogens with one attached hydrogen (secondary N) is 1. The molecule has 0 aliphatic carbocycles. The number of aliphatic imine (C=N–C) groups is 1. The van der Waals surface area contributed by atoms with Gasteiger partial charge in [-0.15, -0.1) is 0 Å². The van der Waals surface area contributed by atoms with Gasteiger partial charge in [-0.25, -0.2) is 9.97 Å². The van der Waals surface area contributed by atoms with E-state index in [1.165, 1.54) is 0 Å². The smallest absolute Gasteiger partial charge is 0.161 e. The zero-order valence-electron chi connectivity index (χ0n) is 22.5. The first-order valence-electron chi connectivity index (χ1n) is 12.3. The molecule has 0 radical (unpaired) electrons. The Bertz CT molecular complexity index is 1050. The van der Waals surface area contributed by atoms with Crippen molar-refractivity contribution in [2.24, 2.45) is 10.9 Å². The summed E-state index contributed by atoms with van der Waals surface area (Å²) in [4.78, 5) is 18.3. The normalized spacial score (nSPS) is 13.4. The van der Waals surface area contributed by atoms with Crippen LogP contribution in [0.5, 0.6) is 0 Å². The van der Waals surface area contributed by atoms with Gasteiger partial charge in [0.1, 0.15) is 5.82 Å². The van der Waals surface area contributed by atoms with Crippen LogP contribution in [-0.2, 0) is 0 Å². The van der Waals surface area contributed by atoms with Gasteiger partial charge in [0.15, 0.2) is 5.82 Å². The van der Waals surface area contributed by atoms with E-state index in [2.05, 4.69) is 61.0 Å². The third kappa shape index (κ3) is 8.48. The van der Waals surface area contributed by atoms with E-state index in [1.54, 1.807) is 7.05 Å². The molecule has 188 valence electrons. The van der Waals surface area contributed by atoms with Crippen molar-refractivity contribution in [1.29, 1.82) is 0 Å². The lowest BCUT2D eigenvalue weighted by Gasteiger charge is -2.22. The maximum Gasteiger partial charge on any atom is 0.161 e. The number of hydrogen-bond donors (Lipinski definition) is 1. The number of benzene rings is 1. The van der Waals surface area contributed by atoms with E-state index < -0.39 is 0 Å². The van der Waals surface area contributed by atoms with Crippen LogP contribution in [0.15, 0.2) is 60.4 Å². The second kappa shape index (κ2) is 14.2. The number of hydrogen-bond acceptors (Lipinski definition) is 6. The van der Waals surface area contributed by atoms with Crippen molar-refractivity contribution in [3.8, 4) is 11.4 Å². The Morgan fingerprint density at radius 2 is 2.00 bits per heavy atom. The van der Waals surface area contributed by atoms with Gasteiger partial charge in [0.05, 0.1) is 0 Å². The minimum Gasteiger partial charge on any atom is -0.383 e.